The highest BCUT2D eigenvalue weighted by Gasteiger charge is 2.32. The predicted octanol–water partition coefficient (Wildman–Crippen LogP) is 4.53. The van der Waals surface area contributed by atoms with Crippen LogP contribution in [0.15, 0.2) is 66.7 Å². The van der Waals surface area contributed by atoms with Crippen LogP contribution in [0.3, 0.4) is 0 Å². The van der Waals surface area contributed by atoms with Gasteiger partial charge in [-0.15, -0.1) is 0 Å². The predicted molar refractivity (Wildman–Crippen MR) is 127 cm³/mol. The van der Waals surface area contributed by atoms with E-state index < -0.39 is 23.5 Å². The molecular weight excluding hydrogens is 418 g/mol. The lowest BCUT2D eigenvalue weighted by molar-refractivity contribution is -0.156. The molecule has 0 radical (unpaired) electrons. The van der Waals surface area contributed by atoms with Gasteiger partial charge in [0.15, 0.2) is 5.78 Å². The number of hydrogen-bond donors (Lipinski definition) is 1. The number of phenolic OH excluding ortho intramolecular Hbond substituents is 1. The fourth-order valence-electron chi connectivity index (χ4n) is 3.68. The van der Waals surface area contributed by atoms with Gasteiger partial charge in [0.05, 0.1) is 6.04 Å². The zero-order valence-electron chi connectivity index (χ0n) is 19.4. The minimum absolute atomic E-state index is 0.132. The van der Waals surface area contributed by atoms with Gasteiger partial charge in [-0.05, 0) is 74.7 Å². The Hall–Kier alpha value is -3.67. The van der Waals surface area contributed by atoms with E-state index in [1.165, 1.54) is 11.8 Å². The number of aromatic hydroxyl groups is 1. The minimum atomic E-state index is -0.831. The second kappa shape index (κ2) is 9.86. The number of carbonyl (C=O) groups is 3. The fraction of sp³-hybridized carbons (Fsp3) is 0.296. The maximum absolute atomic E-state index is 13.6. The molecule has 1 atom stereocenters. The molecule has 6 nitrogen and oxygen atoms in total. The first kappa shape index (κ1) is 24.0. The van der Waals surface area contributed by atoms with Crippen molar-refractivity contribution in [1.82, 2.24) is 4.90 Å². The van der Waals surface area contributed by atoms with Gasteiger partial charge in [0, 0.05) is 5.56 Å². The Morgan fingerprint density at radius 3 is 2.21 bits per heavy atom. The van der Waals surface area contributed by atoms with Crippen molar-refractivity contribution in [2.24, 2.45) is 0 Å². The molecule has 0 heterocycles. The summed E-state index contributed by atoms with van der Waals surface area (Å²) < 4.78 is 5.45. The number of esters is 1. The molecule has 1 N–H and O–H groups in total. The van der Waals surface area contributed by atoms with Crippen LogP contribution < -0.4 is 0 Å². The number of Topliss-reactive ketones (excluding diaryl/α,β-unsaturated/α-hetero) is 1. The van der Waals surface area contributed by atoms with Crippen molar-refractivity contribution in [3.05, 3.63) is 77.9 Å². The quantitative estimate of drug-likeness (QED) is 0.538. The number of fused-ring (bicyclic) bond motifs is 1. The molecular formula is C27H29NO5. The molecule has 0 aromatic heterocycles. The molecule has 172 valence electrons. The summed E-state index contributed by atoms with van der Waals surface area (Å²) in [6.45, 7) is 6.33. The summed E-state index contributed by atoms with van der Waals surface area (Å²) in [6, 6.07) is 18.5. The number of carbonyl (C=O) groups excluding carboxylic acids is 3. The first-order valence-corrected chi connectivity index (χ1v) is 10.8. The summed E-state index contributed by atoms with van der Waals surface area (Å²) in [4.78, 5) is 40.3. The summed E-state index contributed by atoms with van der Waals surface area (Å²) in [5, 5.41) is 11.2. The lowest BCUT2D eigenvalue weighted by atomic mass is 9.99. The van der Waals surface area contributed by atoms with Gasteiger partial charge in [0.1, 0.15) is 17.9 Å². The van der Waals surface area contributed by atoms with Gasteiger partial charge < -0.3 is 14.7 Å². The molecule has 0 bridgehead atoms. The van der Waals surface area contributed by atoms with Crippen LogP contribution in [0, 0.1) is 0 Å². The lowest BCUT2D eigenvalue weighted by Crippen LogP contribution is -2.49. The Labute approximate surface area is 193 Å². The molecule has 0 aliphatic rings. The zero-order chi connectivity index (χ0) is 24.2. The molecule has 0 saturated heterocycles. The Bertz CT molecular complexity index is 1160. The van der Waals surface area contributed by atoms with E-state index in [0.717, 1.165) is 16.3 Å². The van der Waals surface area contributed by atoms with E-state index in [9.17, 15) is 19.5 Å². The molecule has 3 aromatic carbocycles. The van der Waals surface area contributed by atoms with Gasteiger partial charge in [0.2, 0.25) is 0 Å². The molecule has 0 aliphatic heterocycles. The fourth-order valence-corrected chi connectivity index (χ4v) is 3.68. The van der Waals surface area contributed by atoms with Crippen molar-refractivity contribution in [1.29, 1.82) is 0 Å². The van der Waals surface area contributed by atoms with Crippen LogP contribution in [0.1, 0.15) is 43.6 Å². The van der Waals surface area contributed by atoms with E-state index in [-0.39, 0.29) is 24.5 Å². The zero-order valence-corrected chi connectivity index (χ0v) is 19.4. The molecule has 3 rings (SSSR count). The largest absolute Gasteiger partial charge is 0.508 e. The first-order chi connectivity index (χ1) is 15.5. The molecule has 0 aliphatic carbocycles. The van der Waals surface area contributed by atoms with E-state index >= 15 is 0 Å². The maximum atomic E-state index is 13.6. The van der Waals surface area contributed by atoms with Crippen LogP contribution in [-0.4, -0.2) is 45.9 Å². The number of hydrogen-bond acceptors (Lipinski definition) is 5. The highest BCUT2D eigenvalue weighted by molar-refractivity contribution is 6.02. The normalized spacial score (nSPS) is 12.2. The monoisotopic (exact) mass is 447 g/mol. The third kappa shape index (κ3) is 6.42. The number of amides is 1. The standard InChI is InChI=1S/C27H29NO5/c1-18(29)24(14-19-8-6-5-7-9-19)28(17-25(31)33-27(2,3)4)26(32)22-11-10-21-16-23(30)13-12-20(21)15-22/h5-13,15-16,24,30H,14,17H2,1-4H3/t24-/m0/s1. The average molecular weight is 448 g/mol. The molecule has 1 amide bonds. The molecule has 0 fully saturated rings. The van der Waals surface area contributed by atoms with Gasteiger partial charge in [-0.25, -0.2) is 0 Å². The van der Waals surface area contributed by atoms with Gasteiger partial charge in [-0.3, -0.25) is 14.4 Å². The van der Waals surface area contributed by atoms with Crippen LogP contribution in [0.25, 0.3) is 10.8 Å². The SMILES string of the molecule is CC(=O)[C@H](Cc1ccccc1)N(CC(=O)OC(C)(C)C)C(=O)c1ccc2cc(O)ccc2c1. The Morgan fingerprint density at radius 2 is 1.58 bits per heavy atom. The third-order valence-corrected chi connectivity index (χ3v) is 5.17. The number of nitrogens with zero attached hydrogens (tertiary/aromatic N) is 1. The van der Waals surface area contributed by atoms with E-state index in [4.69, 9.17) is 4.74 Å². The van der Waals surface area contributed by atoms with Gasteiger partial charge in [-0.2, -0.15) is 0 Å². The van der Waals surface area contributed by atoms with Gasteiger partial charge in [-0.1, -0.05) is 42.5 Å². The van der Waals surface area contributed by atoms with Crippen molar-refractivity contribution in [3.8, 4) is 5.75 Å². The van der Waals surface area contributed by atoms with E-state index in [0.29, 0.717) is 5.56 Å². The molecule has 0 saturated carbocycles. The summed E-state index contributed by atoms with van der Waals surface area (Å²) in [5.74, 6) is -1.11. The Kier molecular flexibility index (Phi) is 7.16. The summed E-state index contributed by atoms with van der Waals surface area (Å²) >= 11 is 0. The van der Waals surface area contributed by atoms with Crippen LogP contribution in [0.5, 0.6) is 5.75 Å². The van der Waals surface area contributed by atoms with Crippen LogP contribution in [-0.2, 0) is 20.7 Å². The molecule has 0 unspecified atom stereocenters. The average Bonchev–Trinajstić information content (AvgIpc) is 2.74. The summed E-state index contributed by atoms with van der Waals surface area (Å²) in [6.07, 6.45) is 0.284. The maximum Gasteiger partial charge on any atom is 0.326 e. The van der Waals surface area contributed by atoms with Crippen molar-refractivity contribution in [2.75, 3.05) is 6.54 Å². The van der Waals surface area contributed by atoms with Crippen molar-refractivity contribution in [2.45, 2.75) is 45.8 Å². The van der Waals surface area contributed by atoms with E-state index in [1.54, 1.807) is 57.2 Å². The minimum Gasteiger partial charge on any atom is -0.508 e. The Morgan fingerprint density at radius 1 is 0.939 bits per heavy atom. The van der Waals surface area contributed by atoms with Gasteiger partial charge in [0.25, 0.3) is 5.91 Å². The summed E-state index contributed by atoms with van der Waals surface area (Å²) in [7, 11) is 0. The lowest BCUT2D eigenvalue weighted by Gasteiger charge is -2.31. The van der Waals surface area contributed by atoms with Crippen LogP contribution >= 0.6 is 0 Å². The number of ketones is 1. The second-order valence-electron chi connectivity index (χ2n) is 9.08. The molecule has 33 heavy (non-hydrogen) atoms. The second-order valence-corrected chi connectivity index (χ2v) is 9.08. The highest BCUT2D eigenvalue weighted by Crippen LogP contribution is 2.23. The third-order valence-electron chi connectivity index (χ3n) is 5.17. The van der Waals surface area contributed by atoms with Crippen molar-refractivity contribution < 1.29 is 24.2 Å². The molecule has 6 heteroatoms. The number of benzene rings is 3. The van der Waals surface area contributed by atoms with Crippen LogP contribution in [0.2, 0.25) is 0 Å². The number of phenols is 1. The topological polar surface area (TPSA) is 83.9 Å². The summed E-state index contributed by atoms with van der Waals surface area (Å²) in [5.41, 5.74) is 0.506. The van der Waals surface area contributed by atoms with Crippen LogP contribution in [0.4, 0.5) is 0 Å². The molecule has 3 aromatic rings. The van der Waals surface area contributed by atoms with Crippen molar-refractivity contribution >= 4 is 28.4 Å². The Balaban J connectivity index is 1.98. The smallest absolute Gasteiger partial charge is 0.326 e. The van der Waals surface area contributed by atoms with Crippen molar-refractivity contribution in [3.63, 3.8) is 0 Å². The van der Waals surface area contributed by atoms with Gasteiger partial charge >= 0.3 is 5.97 Å². The number of ether oxygens (including phenoxy) is 1. The van der Waals surface area contributed by atoms with E-state index in [1.807, 2.05) is 30.3 Å². The van der Waals surface area contributed by atoms with E-state index in [2.05, 4.69) is 0 Å². The number of rotatable bonds is 7. The highest BCUT2D eigenvalue weighted by atomic mass is 16.6. The molecule has 0 spiro atoms. The first-order valence-electron chi connectivity index (χ1n) is 10.8.